The highest BCUT2D eigenvalue weighted by Gasteiger charge is 2.22. The number of hydrogen-bond donors (Lipinski definition) is 2. The zero-order valence-electron chi connectivity index (χ0n) is 11.3. The maximum absolute atomic E-state index is 10.7. The largest absolute Gasteiger partial charge is 0.465 e. The summed E-state index contributed by atoms with van der Waals surface area (Å²) in [6, 6.07) is 2.03. The molecule has 2 N–H and O–H groups in total. The summed E-state index contributed by atoms with van der Waals surface area (Å²) in [5.41, 5.74) is 0. The zero-order chi connectivity index (χ0) is 14.8. The Kier molecular flexibility index (Phi) is 4.23. The van der Waals surface area contributed by atoms with Gasteiger partial charge in [-0.25, -0.2) is 14.8 Å². The quantitative estimate of drug-likeness (QED) is 0.848. The van der Waals surface area contributed by atoms with Crippen molar-refractivity contribution in [2.45, 2.75) is 25.4 Å². The number of amides is 1. The molecule has 1 amide bonds. The fourth-order valence-electron chi connectivity index (χ4n) is 2.67. The van der Waals surface area contributed by atoms with Crippen LogP contribution in [-0.2, 0) is 6.54 Å². The van der Waals surface area contributed by atoms with E-state index < -0.39 is 6.09 Å². The minimum absolute atomic E-state index is 0.00834. The molecule has 1 saturated heterocycles. The van der Waals surface area contributed by atoms with Crippen LogP contribution in [0.1, 0.15) is 17.7 Å². The number of carbonyl (C=O) groups is 1. The molecule has 2 aromatic rings. The molecular formula is C13H15ClN4O2S. The highest BCUT2D eigenvalue weighted by atomic mass is 35.5. The first-order valence-electron chi connectivity index (χ1n) is 6.72. The molecule has 2 aromatic heterocycles. The first kappa shape index (κ1) is 14.5. The average molecular weight is 327 g/mol. The molecule has 0 saturated carbocycles. The van der Waals surface area contributed by atoms with Crippen LogP contribution in [0.5, 0.6) is 0 Å². The maximum Gasteiger partial charge on any atom is 0.404 e. The maximum atomic E-state index is 10.7. The minimum atomic E-state index is -0.953. The van der Waals surface area contributed by atoms with Gasteiger partial charge in [0.1, 0.15) is 16.3 Å². The molecule has 3 heterocycles. The van der Waals surface area contributed by atoms with Crippen LogP contribution in [0.3, 0.4) is 0 Å². The summed E-state index contributed by atoms with van der Waals surface area (Å²) in [6.45, 7) is 2.50. The van der Waals surface area contributed by atoms with Crippen molar-refractivity contribution < 1.29 is 9.90 Å². The van der Waals surface area contributed by atoms with E-state index in [2.05, 4.69) is 20.2 Å². The predicted molar refractivity (Wildman–Crippen MR) is 81.9 cm³/mol. The molecule has 6 nitrogen and oxygen atoms in total. The lowest BCUT2D eigenvalue weighted by molar-refractivity contribution is 0.160. The molecule has 1 aliphatic rings. The Morgan fingerprint density at radius 1 is 1.57 bits per heavy atom. The van der Waals surface area contributed by atoms with E-state index >= 15 is 0 Å². The SMILES string of the molecule is O=C(O)N[C@@H]1CCCN(Cc2cc3c(Cl)ncnc3s2)C1. The fraction of sp³-hybridized carbons (Fsp3) is 0.462. The van der Waals surface area contributed by atoms with Gasteiger partial charge in [-0.3, -0.25) is 4.90 Å². The van der Waals surface area contributed by atoms with Crippen LogP contribution in [0.4, 0.5) is 4.79 Å². The van der Waals surface area contributed by atoms with E-state index in [1.165, 1.54) is 11.2 Å². The number of fused-ring (bicyclic) bond motifs is 1. The van der Waals surface area contributed by atoms with Crippen LogP contribution >= 0.6 is 22.9 Å². The number of likely N-dealkylation sites (tertiary alicyclic amines) is 1. The van der Waals surface area contributed by atoms with Gasteiger partial charge < -0.3 is 10.4 Å². The van der Waals surface area contributed by atoms with Crippen LogP contribution in [0.15, 0.2) is 12.4 Å². The Balaban J connectivity index is 1.70. The average Bonchev–Trinajstić information content (AvgIpc) is 2.82. The molecule has 1 aliphatic heterocycles. The predicted octanol–water partition coefficient (Wildman–Crippen LogP) is 2.58. The molecule has 112 valence electrons. The van der Waals surface area contributed by atoms with Crippen molar-refractivity contribution in [3.8, 4) is 0 Å². The Morgan fingerprint density at radius 3 is 3.19 bits per heavy atom. The number of aromatic nitrogens is 2. The molecule has 0 aliphatic carbocycles. The third kappa shape index (κ3) is 3.42. The monoisotopic (exact) mass is 326 g/mol. The first-order chi connectivity index (χ1) is 10.1. The first-order valence-corrected chi connectivity index (χ1v) is 7.92. The van der Waals surface area contributed by atoms with E-state index in [1.807, 2.05) is 6.07 Å². The Labute approximate surface area is 130 Å². The summed E-state index contributed by atoms with van der Waals surface area (Å²) < 4.78 is 0. The van der Waals surface area contributed by atoms with Crippen LogP contribution in [0.25, 0.3) is 10.2 Å². The lowest BCUT2D eigenvalue weighted by atomic mass is 10.1. The molecule has 0 radical (unpaired) electrons. The topological polar surface area (TPSA) is 78.4 Å². The molecule has 0 unspecified atom stereocenters. The van der Waals surface area contributed by atoms with Crippen molar-refractivity contribution in [3.05, 3.63) is 22.4 Å². The van der Waals surface area contributed by atoms with Crippen molar-refractivity contribution in [2.24, 2.45) is 0 Å². The van der Waals surface area contributed by atoms with E-state index in [1.54, 1.807) is 11.3 Å². The summed E-state index contributed by atoms with van der Waals surface area (Å²) in [4.78, 5) is 23.3. The summed E-state index contributed by atoms with van der Waals surface area (Å²) in [6.07, 6.45) is 2.41. The van der Waals surface area contributed by atoms with Gasteiger partial charge in [-0.05, 0) is 25.5 Å². The molecule has 1 fully saturated rings. The van der Waals surface area contributed by atoms with Gasteiger partial charge in [0.2, 0.25) is 0 Å². The second-order valence-corrected chi connectivity index (χ2v) is 6.59. The third-order valence-electron chi connectivity index (χ3n) is 3.54. The van der Waals surface area contributed by atoms with Gasteiger partial charge in [0.15, 0.2) is 0 Å². The van der Waals surface area contributed by atoms with Gasteiger partial charge in [-0.15, -0.1) is 11.3 Å². The molecule has 1 atom stereocenters. The number of nitrogens with zero attached hydrogens (tertiary/aromatic N) is 3. The number of nitrogens with one attached hydrogen (secondary N) is 1. The molecule has 3 rings (SSSR count). The van der Waals surface area contributed by atoms with Crippen LogP contribution in [0.2, 0.25) is 5.15 Å². The van der Waals surface area contributed by atoms with E-state index in [-0.39, 0.29) is 6.04 Å². The van der Waals surface area contributed by atoms with Gasteiger partial charge in [0.25, 0.3) is 0 Å². The number of thiophene rings is 1. The number of piperidine rings is 1. The standard InChI is InChI=1S/C13H15ClN4O2S/c14-11-10-4-9(21-12(10)16-7-15-11)6-18-3-1-2-8(5-18)17-13(19)20/h4,7-8,17H,1-3,5-6H2,(H,19,20)/t8-/m1/s1. The van der Waals surface area contributed by atoms with Gasteiger partial charge in [-0.1, -0.05) is 11.6 Å². The summed E-state index contributed by atoms with van der Waals surface area (Å²) in [7, 11) is 0. The van der Waals surface area contributed by atoms with Crippen LogP contribution in [0, 0.1) is 0 Å². The van der Waals surface area contributed by atoms with Gasteiger partial charge in [-0.2, -0.15) is 0 Å². The van der Waals surface area contributed by atoms with Crippen molar-refractivity contribution in [2.75, 3.05) is 13.1 Å². The number of carboxylic acid groups (broad SMARTS) is 1. The number of halogens is 1. The lowest BCUT2D eigenvalue weighted by Gasteiger charge is -2.32. The Morgan fingerprint density at radius 2 is 2.43 bits per heavy atom. The molecule has 0 aromatic carbocycles. The highest BCUT2D eigenvalue weighted by molar-refractivity contribution is 7.18. The molecule has 0 spiro atoms. The van der Waals surface area contributed by atoms with Crippen LogP contribution in [-0.4, -0.2) is 45.2 Å². The van der Waals surface area contributed by atoms with Gasteiger partial charge in [0.05, 0.1) is 0 Å². The van der Waals surface area contributed by atoms with E-state index in [4.69, 9.17) is 16.7 Å². The zero-order valence-corrected chi connectivity index (χ0v) is 12.8. The minimum Gasteiger partial charge on any atom is -0.465 e. The second kappa shape index (κ2) is 6.13. The Bertz CT molecular complexity index is 663. The number of hydrogen-bond acceptors (Lipinski definition) is 5. The molecule has 0 bridgehead atoms. The Hall–Kier alpha value is -1.44. The highest BCUT2D eigenvalue weighted by Crippen LogP contribution is 2.29. The van der Waals surface area contributed by atoms with Gasteiger partial charge in [0, 0.05) is 29.4 Å². The van der Waals surface area contributed by atoms with Crippen molar-refractivity contribution in [3.63, 3.8) is 0 Å². The van der Waals surface area contributed by atoms with E-state index in [0.29, 0.717) is 5.15 Å². The van der Waals surface area contributed by atoms with Crippen LogP contribution < -0.4 is 5.32 Å². The molecular weight excluding hydrogens is 312 g/mol. The van der Waals surface area contributed by atoms with Crippen molar-refractivity contribution >= 4 is 39.2 Å². The van der Waals surface area contributed by atoms with E-state index in [0.717, 1.165) is 42.7 Å². The summed E-state index contributed by atoms with van der Waals surface area (Å²) >= 11 is 7.67. The third-order valence-corrected chi connectivity index (χ3v) is 4.87. The van der Waals surface area contributed by atoms with Gasteiger partial charge >= 0.3 is 6.09 Å². The lowest BCUT2D eigenvalue weighted by Crippen LogP contribution is -2.46. The van der Waals surface area contributed by atoms with Crippen molar-refractivity contribution in [1.82, 2.24) is 20.2 Å². The molecule has 8 heteroatoms. The van der Waals surface area contributed by atoms with E-state index in [9.17, 15) is 4.79 Å². The van der Waals surface area contributed by atoms with Crippen molar-refractivity contribution in [1.29, 1.82) is 0 Å². The smallest absolute Gasteiger partial charge is 0.404 e. The molecule has 21 heavy (non-hydrogen) atoms. The number of rotatable bonds is 3. The fourth-order valence-corrected chi connectivity index (χ4v) is 3.95. The summed E-state index contributed by atoms with van der Waals surface area (Å²) in [5.74, 6) is 0. The second-order valence-electron chi connectivity index (χ2n) is 5.12. The summed E-state index contributed by atoms with van der Waals surface area (Å²) in [5, 5.41) is 12.7. The normalized spacial score (nSPS) is 19.8.